The predicted molar refractivity (Wildman–Crippen MR) is 107 cm³/mol. The minimum absolute atomic E-state index is 0.103. The molecule has 0 amide bonds. The van der Waals surface area contributed by atoms with Gasteiger partial charge in [0, 0.05) is 17.1 Å². The molecule has 8 heteroatoms. The van der Waals surface area contributed by atoms with Gasteiger partial charge in [-0.3, -0.25) is 10.1 Å². The summed E-state index contributed by atoms with van der Waals surface area (Å²) in [6.45, 7) is 2.04. The van der Waals surface area contributed by atoms with Gasteiger partial charge in [0.15, 0.2) is 5.52 Å². The molecule has 7 nitrogen and oxygen atoms in total. The molecule has 4 aromatic rings. The van der Waals surface area contributed by atoms with Crippen LogP contribution in [0.3, 0.4) is 0 Å². The quantitative estimate of drug-likeness (QED) is 0.293. The van der Waals surface area contributed by atoms with Gasteiger partial charge in [-0.1, -0.05) is 35.9 Å². The first-order chi connectivity index (χ1) is 13.5. The molecule has 0 unspecified atom stereocenters. The number of aromatic nitrogens is 2. The number of benzene rings is 2. The summed E-state index contributed by atoms with van der Waals surface area (Å²) in [4.78, 5) is 30.5. The molecule has 0 bridgehead atoms. The van der Waals surface area contributed by atoms with Crippen LogP contribution in [0.1, 0.15) is 17.3 Å². The zero-order valence-electron chi connectivity index (χ0n) is 14.7. The highest BCUT2D eigenvalue weighted by Gasteiger charge is 2.19. The van der Waals surface area contributed by atoms with Crippen LogP contribution in [-0.2, 0) is 4.74 Å². The Hall–Kier alpha value is -3.45. The van der Waals surface area contributed by atoms with Gasteiger partial charge >= 0.3 is 5.97 Å². The summed E-state index contributed by atoms with van der Waals surface area (Å²) in [6.07, 6.45) is 0. The number of pyridine rings is 1. The number of nitrogens with one attached hydrogen (secondary N) is 1. The van der Waals surface area contributed by atoms with E-state index in [4.69, 9.17) is 16.3 Å². The molecule has 0 saturated heterocycles. The molecule has 0 radical (unpaired) electrons. The average Bonchev–Trinajstić information content (AvgIpc) is 3.12. The van der Waals surface area contributed by atoms with Crippen LogP contribution in [0.5, 0.6) is 0 Å². The standard InChI is InChI=1S/C20H14ClN3O4/c1-2-28-20(25)12-6-3-5-11(9-12)14-10-15-19(22-14)17(21)13-7-4-8-16(24(26)27)18(13)23-15/h3-10,22H,2H2,1H3. The number of non-ortho nitro benzene ring substituents is 1. The number of carbonyl (C=O) groups is 1. The van der Waals surface area contributed by atoms with Crippen molar-refractivity contribution in [3.8, 4) is 11.3 Å². The van der Waals surface area contributed by atoms with E-state index >= 15 is 0 Å². The number of rotatable bonds is 4. The highest BCUT2D eigenvalue weighted by atomic mass is 35.5. The molecule has 0 aliphatic rings. The maximum atomic E-state index is 12.0. The Morgan fingerprint density at radius 3 is 2.79 bits per heavy atom. The van der Waals surface area contributed by atoms with Gasteiger partial charge < -0.3 is 9.72 Å². The SMILES string of the molecule is CCOC(=O)c1cccc(-c2cc3nc4c([N+](=O)[O-])cccc4c(Cl)c3[nH]2)c1. The minimum atomic E-state index is -0.478. The molecule has 4 rings (SSSR count). The summed E-state index contributed by atoms with van der Waals surface area (Å²) < 4.78 is 5.04. The zero-order valence-corrected chi connectivity index (χ0v) is 15.5. The molecule has 140 valence electrons. The number of esters is 1. The lowest BCUT2D eigenvalue weighted by Crippen LogP contribution is -2.04. The fourth-order valence-corrected chi connectivity index (χ4v) is 3.41. The van der Waals surface area contributed by atoms with Crippen molar-refractivity contribution in [3.05, 3.63) is 69.2 Å². The molecule has 0 aliphatic heterocycles. The monoisotopic (exact) mass is 395 g/mol. The van der Waals surface area contributed by atoms with Gasteiger partial charge in [0.2, 0.25) is 0 Å². The second-order valence-electron chi connectivity index (χ2n) is 6.10. The summed E-state index contributed by atoms with van der Waals surface area (Å²) in [6, 6.07) is 13.4. The van der Waals surface area contributed by atoms with Crippen molar-refractivity contribution in [2.24, 2.45) is 0 Å². The smallest absolute Gasteiger partial charge is 0.338 e. The Bertz CT molecular complexity index is 1250. The number of nitro benzene ring substituents is 1. The normalized spacial score (nSPS) is 11.1. The minimum Gasteiger partial charge on any atom is -0.462 e. The van der Waals surface area contributed by atoms with E-state index < -0.39 is 10.9 Å². The molecule has 2 aromatic heterocycles. The van der Waals surface area contributed by atoms with Gasteiger partial charge in [0.25, 0.3) is 5.69 Å². The number of H-pyrrole nitrogens is 1. The van der Waals surface area contributed by atoms with Gasteiger partial charge in [0.1, 0.15) is 0 Å². The number of nitrogens with zero attached hydrogens (tertiary/aromatic N) is 2. The van der Waals surface area contributed by atoms with Crippen molar-refractivity contribution in [2.45, 2.75) is 6.92 Å². The third-order valence-corrected chi connectivity index (χ3v) is 4.77. The first kappa shape index (κ1) is 17.9. The number of fused-ring (bicyclic) bond motifs is 2. The lowest BCUT2D eigenvalue weighted by Gasteiger charge is -2.04. The molecule has 2 heterocycles. The van der Waals surface area contributed by atoms with Crippen LogP contribution in [0.4, 0.5) is 5.69 Å². The van der Waals surface area contributed by atoms with Crippen molar-refractivity contribution < 1.29 is 14.5 Å². The van der Waals surface area contributed by atoms with E-state index in [0.29, 0.717) is 39.3 Å². The van der Waals surface area contributed by atoms with Crippen LogP contribution in [-0.4, -0.2) is 27.5 Å². The van der Waals surface area contributed by atoms with Crippen LogP contribution in [0, 0.1) is 10.1 Å². The summed E-state index contributed by atoms with van der Waals surface area (Å²) in [5.74, 6) is -0.405. The largest absolute Gasteiger partial charge is 0.462 e. The van der Waals surface area contributed by atoms with Crippen LogP contribution >= 0.6 is 11.6 Å². The second-order valence-corrected chi connectivity index (χ2v) is 6.48. The van der Waals surface area contributed by atoms with Gasteiger partial charge in [-0.25, -0.2) is 9.78 Å². The highest BCUT2D eigenvalue weighted by Crippen LogP contribution is 2.36. The van der Waals surface area contributed by atoms with Crippen molar-refractivity contribution in [3.63, 3.8) is 0 Å². The van der Waals surface area contributed by atoms with Crippen LogP contribution < -0.4 is 0 Å². The van der Waals surface area contributed by atoms with E-state index in [1.165, 1.54) is 6.07 Å². The summed E-state index contributed by atoms with van der Waals surface area (Å²) in [5.41, 5.74) is 3.07. The summed E-state index contributed by atoms with van der Waals surface area (Å²) >= 11 is 6.51. The van der Waals surface area contributed by atoms with Gasteiger partial charge in [0.05, 0.1) is 33.1 Å². The van der Waals surface area contributed by atoms with Crippen molar-refractivity contribution >= 4 is 45.2 Å². The van der Waals surface area contributed by atoms with E-state index in [0.717, 1.165) is 5.56 Å². The fourth-order valence-electron chi connectivity index (χ4n) is 3.11. The second kappa shape index (κ2) is 6.94. The van der Waals surface area contributed by atoms with Gasteiger partial charge in [-0.15, -0.1) is 0 Å². The molecule has 0 aliphatic carbocycles. The summed E-state index contributed by atoms with van der Waals surface area (Å²) in [7, 11) is 0. The fraction of sp³-hybridized carbons (Fsp3) is 0.100. The first-order valence-corrected chi connectivity index (χ1v) is 8.90. The molecule has 1 N–H and O–H groups in total. The molecule has 2 aromatic carbocycles. The Kier molecular flexibility index (Phi) is 4.44. The molecular formula is C20H14ClN3O4. The molecule has 0 spiro atoms. The number of nitro groups is 1. The number of aromatic amines is 1. The molecule has 0 saturated carbocycles. The highest BCUT2D eigenvalue weighted by molar-refractivity contribution is 6.40. The topological polar surface area (TPSA) is 98.1 Å². The first-order valence-electron chi connectivity index (χ1n) is 8.52. The molecule has 0 atom stereocenters. The molecule has 28 heavy (non-hydrogen) atoms. The Morgan fingerprint density at radius 2 is 2.04 bits per heavy atom. The van der Waals surface area contributed by atoms with Gasteiger partial charge in [-0.2, -0.15) is 0 Å². The maximum Gasteiger partial charge on any atom is 0.338 e. The number of para-hydroxylation sites is 1. The van der Waals surface area contributed by atoms with Crippen LogP contribution in [0.25, 0.3) is 33.2 Å². The van der Waals surface area contributed by atoms with Crippen molar-refractivity contribution in [1.82, 2.24) is 9.97 Å². The number of hydrogen-bond donors (Lipinski definition) is 1. The summed E-state index contributed by atoms with van der Waals surface area (Å²) in [5, 5.41) is 12.2. The molecule has 0 fully saturated rings. The molecular weight excluding hydrogens is 382 g/mol. The lowest BCUT2D eigenvalue weighted by molar-refractivity contribution is -0.383. The van der Waals surface area contributed by atoms with E-state index in [9.17, 15) is 14.9 Å². The Labute approximate surface area is 164 Å². The third-order valence-electron chi connectivity index (χ3n) is 4.38. The van der Waals surface area contributed by atoms with E-state index in [2.05, 4.69) is 9.97 Å². The van der Waals surface area contributed by atoms with E-state index in [1.54, 1.807) is 43.3 Å². The van der Waals surface area contributed by atoms with E-state index in [1.807, 2.05) is 6.07 Å². The van der Waals surface area contributed by atoms with E-state index in [-0.39, 0.29) is 11.2 Å². The maximum absolute atomic E-state index is 12.0. The van der Waals surface area contributed by atoms with Crippen molar-refractivity contribution in [2.75, 3.05) is 6.61 Å². The number of hydrogen-bond acceptors (Lipinski definition) is 5. The third kappa shape index (κ3) is 2.95. The zero-order chi connectivity index (χ0) is 19.8. The van der Waals surface area contributed by atoms with Gasteiger partial charge in [-0.05, 0) is 30.7 Å². The van der Waals surface area contributed by atoms with Crippen LogP contribution in [0.2, 0.25) is 5.02 Å². The Morgan fingerprint density at radius 1 is 1.25 bits per heavy atom. The lowest BCUT2D eigenvalue weighted by atomic mass is 10.1. The number of ether oxygens (including phenoxy) is 1. The van der Waals surface area contributed by atoms with Crippen LogP contribution in [0.15, 0.2) is 48.5 Å². The average molecular weight is 396 g/mol. The number of carbonyl (C=O) groups excluding carboxylic acids is 1. The Balaban J connectivity index is 1.89. The van der Waals surface area contributed by atoms with Crippen molar-refractivity contribution in [1.29, 1.82) is 0 Å². The predicted octanol–water partition coefficient (Wildman–Crippen LogP) is 5.12. The number of halogens is 1.